The van der Waals surface area contributed by atoms with E-state index in [9.17, 15) is 18.0 Å². The van der Waals surface area contributed by atoms with Gasteiger partial charge in [-0.05, 0) is 37.1 Å². The van der Waals surface area contributed by atoms with Crippen LogP contribution in [0.1, 0.15) is 23.6 Å². The summed E-state index contributed by atoms with van der Waals surface area (Å²) < 4.78 is 38.1. The summed E-state index contributed by atoms with van der Waals surface area (Å²) in [7, 11) is -3.88. The molecule has 0 aliphatic carbocycles. The number of amides is 2. The predicted octanol–water partition coefficient (Wildman–Crippen LogP) is 3.31. The molecule has 0 fully saturated rings. The van der Waals surface area contributed by atoms with Crippen LogP contribution in [0, 0.1) is 6.92 Å². The minimum Gasteiger partial charge on any atom is -0.486 e. The van der Waals surface area contributed by atoms with Crippen molar-refractivity contribution in [2.75, 3.05) is 36.9 Å². The molecule has 1 aliphatic heterocycles. The van der Waals surface area contributed by atoms with Gasteiger partial charge in [-0.25, -0.2) is 8.42 Å². The molecule has 0 bridgehead atoms. The molecule has 9 nitrogen and oxygen atoms in total. The Bertz CT molecular complexity index is 1430. The molecule has 10 heteroatoms. The second-order valence-corrected chi connectivity index (χ2v) is 11.6. The maximum Gasteiger partial charge on any atom is 0.244 e. The Morgan fingerprint density at radius 1 is 0.925 bits per heavy atom. The third kappa shape index (κ3) is 7.32. The first-order valence-electron chi connectivity index (χ1n) is 13.2. The number of nitrogens with zero attached hydrogens (tertiary/aromatic N) is 2. The van der Waals surface area contributed by atoms with E-state index in [1.807, 2.05) is 68.4 Å². The average molecular weight is 566 g/mol. The Kier molecular flexibility index (Phi) is 9.31. The standard InChI is InChI=1S/C30H35N3O6S/c1-4-31-30(35)26(18-23-8-6-5-7-9-23)32(20-24-12-10-22(2)11-13-24)29(34)21-33(40(3,36)37)25-14-15-27-28(19-25)39-17-16-38-27/h5-15,19,26H,4,16-18,20-21H2,1-3H3,(H,31,35). The first kappa shape index (κ1) is 28.9. The van der Waals surface area contributed by atoms with Crippen LogP contribution in [0.15, 0.2) is 72.8 Å². The van der Waals surface area contributed by atoms with Gasteiger partial charge in [0.1, 0.15) is 25.8 Å². The summed E-state index contributed by atoms with van der Waals surface area (Å²) in [5, 5.41) is 2.85. The van der Waals surface area contributed by atoms with E-state index in [0.717, 1.165) is 27.3 Å². The van der Waals surface area contributed by atoms with Gasteiger partial charge in [-0.2, -0.15) is 0 Å². The number of carbonyl (C=O) groups is 2. The van der Waals surface area contributed by atoms with E-state index >= 15 is 0 Å². The summed E-state index contributed by atoms with van der Waals surface area (Å²) in [5.74, 6) is 0.102. The molecule has 4 rings (SSSR count). The molecule has 0 radical (unpaired) electrons. The zero-order valence-corrected chi connectivity index (χ0v) is 23.8. The first-order chi connectivity index (χ1) is 19.2. The highest BCUT2D eigenvalue weighted by molar-refractivity contribution is 7.92. The van der Waals surface area contributed by atoms with Crippen LogP contribution >= 0.6 is 0 Å². The molecule has 1 aliphatic rings. The monoisotopic (exact) mass is 565 g/mol. The van der Waals surface area contributed by atoms with Gasteiger partial charge in [0, 0.05) is 25.6 Å². The van der Waals surface area contributed by atoms with Crippen LogP contribution < -0.4 is 19.1 Å². The number of benzene rings is 3. The predicted molar refractivity (Wildman–Crippen MR) is 154 cm³/mol. The van der Waals surface area contributed by atoms with Crippen molar-refractivity contribution in [1.29, 1.82) is 0 Å². The molecule has 1 atom stereocenters. The first-order valence-corrected chi connectivity index (χ1v) is 15.0. The number of likely N-dealkylation sites (N-methyl/N-ethyl adjacent to an activating group) is 1. The average Bonchev–Trinajstić information content (AvgIpc) is 2.94. The zero-order chi connectivity index (χ0) is 28.7. The highest BCUT2D eigenvalue weighted by atomic mass is 32.2. The van der Waals surface area contributed by atoms with Crippen molar-refractivity contribution in [3.63, 3.8) is 0 Å². The van der Waals surface area contributed by atoms with Gasteiger partial charge in [0.2, 0.25) is 21.8 Å². The number of hydrogen-bond acceptors (Lipinski definition) is 6. The molecule has 0 spiro atoms. The quantitative estimate of drug-likeness (QED) is 0.383. The van der Waals surface area contributed by atoms with E-state index in [4.69, 9.17) is 9.47 Å². The molecule has 0 aromatic heterocycles. The van der Waals surface area contributed by atoms with Crippen molar-refractivity contribution < 1.29 is 27.5 Å². The maximum absolute atomic E-state index is 14.1. The van der Waals surface area contributed by atoms with E-state index in [1.54, 1.807) is 18.2 Å². The summed E-state index contributed by atoms with van der Waals surface area (Å²) in [6.45, 7) is 4.56. The van der Waals surface area contributed by atoms with Crippen molar-refractivity contribution in [1.82, 2.24) is 10.2 Å². The van der Waals surface area contributed by atoms with Crippen molar-refractivity contribution in [2.24, 2.45) is 0 Å². The van der Waals surface area contributed by atoms with Gasteiger partial charge >= 0.3 is 0 Å². The fraction of sp³-hybridized carbons (Fsp3) is 0.333. The molecule has 1 N–H and O–H groups in total. The number of ether oxygens (including phenoxy) is 2. The summed E-state index contributed by atoms with van der Waals surface area (Å²) in [5.41, 5.74) is 3.04. The zero-order valence-electron chi connectivity index (χ0n) is 23.0. The number of fused-ring (bicyclic) bond motifs is 1. The highest BCUT2D eigenvalue weighted by Gasteiger charge is 2.33. The molecular formula is C30H35N3O6S. The minimum atomic E-state index is -3.88. The van der Waals surface area contributed by atoms with Gasteiger partial charge < -0.3 is 19.7 Å². The van der Waals surface area contributed by atoms with Crippen molar-refractivity contribution in [3.8, 4) is 11.5 Å². The third-order valence-corrected chi connectivity index (χ3v) is 7.73. The number of sulfonamides is 1. The topological polar surface area (TPSA) is 105 Å². The van der Waals surface area contributed by atoms with Gasteiger partial charge in [0.05, 0.1) is 11.9 Å². The van der Waals surface area contributed by atoms with Gasteiger partial charge in [-0.3, -0.25) is 13.9 Å². The van der Waals surface area contributed by atoms with E-state index in [2.05, 4.69) is 5.32 Å². The second-order valence-electron chi connectivity index (χ2n) is 9.70. The number of hydrogen-bond donors (Lipinski definition) is 1. The van der Waals surface area contributed by atoms with Crippen LogP contribution in [0.3, 0.4) is 0 Å². The lowest BCUT2D eigenvalue weighted by Gasteiger charge is -2.33. The molecule has 212 valence electrons. The molecule has 0 saturated heterocycles. The van der Waals surface area contributed by atoms with E-state index in [1.165, 1.54) is 4.90 Å². The fourth-order valence-corrected chi connectivity index (χ4v) is 5.38. The van der Waals surface area contributed by atoms with Crippen molar-refractivity contribution in [2.45, 2.75) is 32.9 Å². The number of anilines is 1. The summed E-state index contributed by atoms with van der Waals surface area (Å²) in [6.07, 6.45) is 1.32. The van der Waals surface area contributed by atoms with Gasteiger partial charge in [0.15, 0.2) is 11.5 Å². The molecule has 40 heavy (non-hydrogen) atoms. The Labute approximate surface area is 235 Å². The third-order valence-electron chi connectivity index (χ3n) is 6.59. The Balaban J connectivity index is 1.71. The van der Waals surface area contributed by atoms with E-state index < -0.39 is 28.5 Å². The van der Waals surface area contributed by atoms with E-state index in [-0.39, 0.29) is 24.6 Å². The van der Waals surface area contributed by atoms with Crippen molar-refractivity contribution >= 4 is 27.5 Å². The molecule has 1 unspecified atom stereocenters. The van der Waals surface area contributed by atoms with Gasteiger partial charge in [-0.15, -0.1) is 0 Å². The molecule has 3 aromatic carbocycles. The Morgan fingerprint density at radius 2 is 1.60 bits per heavy atom. The molecule has 2 amide bonds. The molecular weight excluding hydrogens is 530 g/mol. The van der Waals surface area contributed by atoms with Crippen molar-refractivity contribution in [3.05, 3.63) is 89.5 Å². The van der Waals surface area contributed by atoms with Gasteiger partial charge in [-0.1, -0.05) is 60.2 Å². The smallest absolute Gasteiger partial charge is 0.244 e. The Hall–Kier alpha value is -4.05. The number of aryl methyl sites for hydroxylation is 1. The summed E-state index contributed by atoms with van der Waals surface area (Å²) >= 11 is 0. The highest BCUT2D eigenvalue weighted by Crippen LogP contribution is 2.34. The lowest BCUT2D eigenvalue weighted by molar-refractivity contribution is -0.140. The lowest BCUT2D eigenvalue weighted by Crippen LogP contribution is -2.53. The number of rotatable bonds is 11. The molecule has 0 saturated carbocycles. The lowest BCUT2D eigenvalue weighted by atomic mass is 10.0. The van der Waals surface area contributed by atoms with Crippen LogP contribution in [0.4, 0.5) is 5.69 Å². The summed E-state index contributed by atoms with van der Waals surface area (Å²) in [4.78, 5) is 28.9. The van der Waals surface area contributed by atoms with Crippen LogP contribution in [0.25, 0.3) is 0 Å². The van der Waals surface area contributed by atoms with Crippen LogP contribution in [0.5, 0.6) is 11.5 Å². The van der Waals surface area contributed by atoms with E-state index in [0.29, 0.717) is 31.3 Å². The van der Waals surface area contributed by atoms with Crippen LogP contribution in [0.2, 0.25) is 0 Å². The fourth-order valence-electron chi connectivity index (χ4n) is 4.54. The van der Waals surface area contributed by atoms with Crippen LogP contribution in [-0.2, 0) is 32.6 Å². The van der Waals surface area contributed by atoms with Crippen LogP contribution in [-0.4, -0.2) is 63.7 Å². The Morgan fingerprint density at radius 3 is 2.25 bits per heavy atom. The molecule has 1 heterocycles. The number of carbonyl (C=O) groups excluding carboxylic acids is 2. The normalized spacial score (nSPS) is 13.3. The largest absolute Gasteiger partial charge is 0.486 e. The maximum atomic E-state index is 14.1. The second kappa shape index (κ2) is 12.9. The molecule has 3 aromatic rings. The minimum absolute atomic E-state index is 0.131. The SMILES string of the molecule is CCNC(=O)C(Cc1ccccc1)N(Cc1ccc(C)cc1)C(=O)CN(c1ccc2c(c1)OCCO2)S(C)(=O)=O. The number of nitrogens with one attached hydrogen (secondary N) is 1. The summed E-state index contributed by atoms with van der Waals surface area (Å²) in [6, 6.07) is 21.0. The van der Waals surface area contributed by atoms with Gasteiger partial charge in [0.25, 0.3) is 0 Å².